The highest BCUT2D eigenvalue weighted by Gasteiger charge is 2.12. The van der Waals surface area contributed by atoms with Crippen LogP contribution in [0.25, 0.3) is 22.4 Å². The van der Waals surface area contributed by atoms with Crippen molar-refractivity contribution in [2.75, 3.05) is 13.7 Å². The van der Waals surface area contributed by atoms with Gasteiger partial charge < -0.3 is 9.47 Å². The lowest BCUT2D eigenvalue weighted by atomic mass is 10.2. The van der Waals surface area contributed by atoms with E-state index in [0.717, 1.165) is 11.1 Å². The minimum atomic E-state index is -0.182. The molecule has 0 aliphatic carbocycles. The molecule has 29 heavy (non-hydrogen) atoms. The SMILES string of the molecule is COc1cc(C=c2sc3nc(-c4ccccc4)nn3c2=O)ccc1OCC(C)C. The van der Waals surface area contributed by atoms with E-state index in [9.17, 15) is 4.79 Å². The van der Waals surface area contributed by atoms with E-state index in [2.05, 4.69) is 23.9 Å². The van der Waals surface area contributed by atoms with Crippen molar-refractivity contribution in [1.82, 2.24) is 14.6 Å². The third-order valence-electron chi connectivity index (χ3n) is 4.27. The Kier molecular flexibility index (Phi) is 5.31. The van der Waals surface area contributed by atoms with Gasteiger partial charge in [0.1, 0.15) is 0 Å². The fraction of sp³-hybridized carbons (Fsp3) is 0.227. The maximum Gasteiger partial charge on any atom is 0.291 e. The van der Waals surface area contributed by atoms with Gasteiger partial charge in [0.25, 0.3) is 5.56 Å². The largest absolute Gasteiger partial charge is 0.493 e. The molecule has 7 heteroatoms. The third-order valence-corrected chi connectivity index (χ3v) is 5.23. The van der Waals surface area contributed by atoms with Crippen LogP contribution in [0.3, 0.4) is 0 Å². The topological polar surface area (TPSA) is 65.7 Å². The molecule has 0 radical (unpaired) electrons. The number of nitrogens with zero attached hydrogens (tertiary/aromatic N) is 3. The summed E-state index contributed by atoms with van der Waals surface area (Å²) in [6.07, 6.45) is 1.82. The number of benzene rings is 2. The van der Waals surface area contributed by atoms with Crippen LogP contribution in [0.4, 0.5) is 0 Å². The van der Waals surface area contributed by atoms with Gasteiger partial charge in [0.2, 0.25) is 4.96 Å². The molecule has 0 unspecified atom stereocenters. The van der Waals surface area contributed by atoms with Crippen molar-refractivity contribution in [1.29, 1.82) is 0 Å². The second kappa shape index (κ2) is 8.05. The average molecular weight is 407 g/mol. The van der Waals surface area contributed by atoms with Gasteiger partial charge in [0.15, 0.2) is 17.3 Å². The van der Waals surface area contributed by atoms with Crippen LogP contribution in [0.2, 0.25) is 0 Å². The number of methoxy groups -OCH3 is 1. The molecule has 0 saturated carbocycles. The number of hydrogen-bond donors (Lipinski definition) is 0. The lowest BCUT2D eigenvalue weighted by Gasteiger charge is -2.12. The summed E-state index contributed by atoms with van der Waals surface area (Å²) < 4.78 is 13.2. The summed E-state index contributed by atoms with van der Waals surface area (Å²) in [7, 11) is 1.61. The molecule has 6 nitrogen and oxygen atoms in total. The molecule has 0 atom stereocenters. The molecule has 0 spiro atoms. The molecule has 0 bridgehead atoms. The van der Waals surface area contributed by atoms with E-state index < -0.39 is 0 Å². The van der Waals surface area contributed by atoms with Crippen molar-refractivity contribution in [3.05, 3.63) is 69.0 Å². The standard InChI is InChI=1S/C22H21N3O3S/c1-14(2)13-28-17-10-9-15(11-18(17)27-3)12-19-21(26)25-22(29-19)23-20(24-25)16-7-5-4-6-8-16/h4-12,14H,13H2,1-3H3. The lowest BCUT2D eigenvalue weighted by Crippen LogP contribution is -2.23. The molecular weight excluding hydrogens is 386 g/mol. The molecule has 0 amide bonds. The van der Waals surface area contributed by atoms with Crippen molar-refractivity contribution in [2.24, 2.45) is 5.92 Å². The first kappa shape index (κ1) is 19.1. The summed E-state index contributed by atoms with van der Waals surface area (Å²) in [6.45, 7) is 4.80. The Hall–Kier alpha value is -3.19. The number of hydrogen-bond acceptors (Lipinski definition) is 6. The molecule has 2 heterocycles. The second-order valence-corrected chi connectivity index (χ2v) is 8.04. The highest BCUT2D eigenvalue weighted by atomic mass is 32.1. The Labute approximate surface area is 172 Å². The molecule has 0 aliphatic rings. The van der Waals surface area contributed by atoms with E-state index in [1.807, 2.05) is 54.6 Å². The van der Waals surface area contributed by atoms with Gasteiger partial charge >= 0.3 is 0 Å². The Bertz CT molecular complexity index is 1250. The number of rotatable bonds is 6. The van der Waals surface area contributed by atoms with Crippen LogP contribution in [0, 0.1) is 5.92 Å². The molecule has 4 rings (SSSR count). The summed E-state index contributed by atoms with van der Waals surface area (Å²) in [5, 5.41) is 4.37. The molecule has 0 aliphatic heterocycles. The fourth-order valence-corrected chi connectivity index (χ4v) is 3.75. The molecule has 2 aromatic carbocycles. The van der Waals surface area contributed by atoms with Crippen molar-refractivity contribution in [3.8, 4) is 22.9 Å². The van der Waals surface area contributed by atoms with Gasteiger partial charge in [-0.15, -0.1) is 5.10 Å². The zero-order valence-corrected chi connectivity index (χ0v) is 17.3. The van der Waals surface area contributed by atoms with Gasteiger partial charge in [0.05, 0.1) is 18.2 Å². The summed E-state index contributed by atoms with van der Waals surface area (Å²) in [6, 6.07) is 15.2. The molecule has 0 saturated heterocycles. The first-order chi connectivity index (χ1) is 14.0. The van der Waals surface area contributed by atoms with Gasteiger partial charge in [-0.2, -0.15) is 9.50 Å². The van der Waals surface area contributed by atoms with Crippen LogP contribution in [-0.2, 0) is 0 Å². The predicted octanol–water partition coefficient (Wildman–Crippen LogP) is 3.41. The van der Waals surface area contributed by atoms with Gasteiger partial charge in [-0.05, 0) is 29.7 Å². The smallest absolute Gasteiger partial charge is 0.291 e. The number of aromatic nitrogens is 3. The van der Waals surface area contributed by atoms with Crippen LogP contribution < -0.4 is 19.6 Å². The molecule has 148 valence electrons. The van der Waals surface area contributed by atoms with Crippen molar-refractivity contribution in [2.45, 2.75) is 13.8 Å². The van der Waals surface area contributed by atoms with E-state index in [-0.39, 0.29) is 5.56 Å². The normalized spacial score (nSPS) is 12.1. The van der Waals surface area contributed by atoms with Crippen LogP contribution in [-0.4, -0.2) is 28.3 Å². The van der Waals surface area contributed by atoms with E-state index in [4.69, 9.17) is 9.47 Å². The molecular formula is C22H21N3O3S. The van der Waals surface area contributed by atoms with Crippen molar-refractivity contribution < 1.29 is 9.47 Å². The Morgan fingerprint density at radius 1 is 1.14 bits per heavy atom. The quantitative estimate of drug-likeness (QED) is 0.490. The minimum absolute atomic E-state index is 0.182. The zero-order chi connectivity index (χ0) is 20.4. The van der Waals surface area contributed by atoms with Crippen LogP contribution in [0.15, 0.2) is 53.3 Å². The fourth-order valence-electron chi connectivity index (χ4n) is 2.84. The minimum Gasteiger partial charge on any atom is -0.493 e. The van der Waals surface area contributed by atoms with E-state index >= 15 is 0 Å². The monoisotopic (exact) mass is 407 g/mol. The van der Waals surface area contributed by atoms with Gasteiger partial charge in [0, 0.05) is 5.56 Å². The molecule has 0 N–H and O–H groups in total. The predicted molar refractivity (Wildman–Crippen MR) is 115 cm³/mol. The Morgan fingerprint density at radius 3 is 2.62 bits per heavy atom. The van der Waals surface area contributed by atoms with Crippen molar-refractivity contribution >= 4 is 22.4 Å². The summed E-state index contributed by atoms with van der Waals surface area (Å²) in [5.41, 5.74) is 1.55. The lowest BCUT2D eigenvalue weighted by molar-refractivity contribution is 0.257. The van der Waals surface area contributed by atoms with Gasteiger partial charge in [-0.25, -0.2) is 0 Å². The highest BCUT2D eigenvalue weighted by molar-refractivity contribution is 7.15. The van der Waals surface area contributed by atoms with E-state index in [0.29, 0.717) is 39.3 Å². The average Bonchev–Trinajstić information content (AvgIpc) is 3.27. The Balaban J connectivity index is 1.68. The van der Waals surface area contributed by atoms with E-state index in [1.54, 1.807) is 7.11 Å². The summed E-state index contributed by atoms with van der Waals surface area (Å²) >= 11 is 1.32. The summed E-state index contributed by atoms with van der Waals surface area (Å²) in [5.74, 6) is 2.30. The molecule has 2 aromatic heterocycles. The maximum absolute atomic E-state index is 12.8. The second-order valence-electron chi connectivity index (χ2n) is 7.03. The zero-order valence-electron chi connectivity index (χ0n) is 16.5. The van der Waals surface area contributed by atoms with E-state index in [1.165, 1.54) is 15.9 Å². The maximum atomic E-state index is 12.8. The first-order valence-corrected chi connectivity index (χ1v) is 10.1. The summed E-state index contributed by atoms with van der Waals surface area (Å²) in [4.78, 5) is 17.8. The highest BCUT2D eigenvalue weighted by Crippen LogP contribution is 2.28. The van der Waals surface area contributed by atoms with Crippen molar-refractivity contribution in [3.63, 3.8) is 0 Å². The van der Waals surface area contributed by atoms with Gasteiger partial charge in [-0.1, -0.05) is 61.6 Å². The molecule has 4 aromatic rings. The van der Waals surface area contributed by atoms with Crippen LogP contribution in [0.1, 0.15) is 19.4 Å². The van der Waals surface area contributed by atoms with Gasteiger partial charge in [-0.3, -0.25) is 4.79 Å². The number of ether oxygens (including phenoxy) is 2. The number of thiazole rings is 1. The third kappa shape index (κ3) is 4.00. The van der Waals surface area contributed by atoms with Crippen LogP contribution in [0.5, 0.6) is 11.5 Å². The number of fused-ring (bicyclic) bond motifs is 1. The van der Waals surface area contributed by atoms with Crippen LogP contribution >= 0.6 is 11.3 Å². The first-order valence-electron chi connectivity index (χ1n) is 9.32. The molecule has 0 fully saturated rings. The Morgan fingerprint density at radius 2 is 1.93 bits per heavy atom.